The second-order valence-corrected chi connectivity index (χ2v) is 7.30. The van der Waals surface area contributed by atoms with Crippen molar-refractivity contribution < 1.29 is 23.9 Å². The van der Waals surface area contributed by atoms with E-state index in [1.165, 1.54) is 20.3 Å². The maximum atomic E-state index is 12.7. The fourth-order valence-electron chi connectivity index (χ4n) is 2.63. The van der Waals surface area contributed by atoms with Gasteiger partial charge in [-0.25, -0.2) is 0 Å². The number of benzene rings is 2. The number of para-hydroxylation sites is 1. The lowest BCUT2D eigenvalue weighted by Gasteiger charge is -2.13. The van der Waals surface area contributed by atoms with Gasteiger partial charge in [-0.3, -0.25) is 19.3 Å². The molecule has 0 atom stereocenters. The highest BCUT2D eigenvalue weighted by Crippen LogP contribution is 2.35. The van der Waals surface area contributed by atoms with Crippen LogP contribution in [0.2, 0.25) is 5.02 Å². The number of amides is 3. The minimum atomic E-state index is -0.556. The molecule has 1 fully saturated rings. The molecule has 1 saturated heterocycles. The van der Waals surface area contributed by atoms with Gasteiger partial charge in [0.2, 0.25) is 5.91 Å². The second kappa shape index (κ2) is 9.02. The van der Waals surface area contributed by atoms with Gasteiger partial charge < -0.3 is 14.8 Å². The van der Waals surface area contributed by atoms with Gasteiger partial charge in [-0.2, -0.15) is 0 Å². The van der Waals surface area contributed by atoms with Crippen molar-refractivity contribution in [3.05, 3.63) is 58.0 Å². The van der Waals surface area contributed by atoms with Crippen LogP contribution in [0, 0.1) is 0 Å². The number of nitrogens with zero attached hydrogens (tertiary/aromatic N) is 1. The molecule has 0 saturated carbocycles. The molecule has 150 valence electrons. The van der Waals surface area contributed by atoms with E-state index < -0.39 is 23.6 Å². The minimum Gasteiger partial charge on any atom is -0.497 e. The van der Waals surface area contributed by atoms with Gasteiger partial charge in [-0.05, 0) is 48.2 Å². The summed E-state index contributed by atoms with van der Waals surface area (Å²) in [6, 6.07) is 11.8. The predicted molar refractivity (Wildman–Crippen MR) is 112 cm³/mol. The van der Waals surface area contributed by atoms with E-state index in [1.54, 1.807) is 42.5 Å². The largest absolute Gasteiger partial charge is 0.497 e. The summed E-state index contributed by atoms with van der Waals surface area (Å²) in [5.74, 6) is 0.0178. The molecule has 0 unspecified atom stereocenters. The number of thioether (sulfide) groups is 1. The Morgan fingerprint density at radius 1 is 1.17 bits per heavy atom. The van der Waals surface area contributed by atoms with E-state index in [2.05, 4.69) is 5.32 Å². The zero-order valence-corrected chi connectivity index (χ0v) is 17.2. The third-order valence-corrected chi connectivity index (χ3v) is 5.28. The summed E-state index contributed by atoms with van der Waals surface area (Å²) in [4.78, 5) is 38.3. The van der Waals surface area contributed by atoms with Crippen molar-refractivity contribution in [3.8, 4) is 11.5 Å². The Morgan fingerprint density at radius 2 is 1.93 bits per heavy atom. The summed E-state index contributed by atoms with van der Waals surface area (Å²) in [6.45, 7) is -0.414. The number of carbonyl (C=O) groups is 3. The fourth-order valence-corrected chi connectivity index (χ4v) is 3.64. The fraction of sp³-hybridized carbons (Fsp3) is 0.150. The van der Waals surface area contributed by atoms with Gasteiger partial charge in [0, 0.05) is 5.56 Å². The number of carbonyl (C=O) groups excluding carboxylic acids is 3. The Balaban J connectivity index is 1.77. The Hall–Kier alpha value is -2.97. The lowest BCUT2D eigenvalue weighted by atomic mass is 10.1. The normalized spacial score (nSPS) is 15.0. The standard InChI is InChI=1S/C20H17ClN2O5S/c1-27-13-7-8-16(28-2)12(9-13)10-17-19(25)23(20(26)29-17)11-18(24)22-15-6-4-3-5-14(15)21/h3-10H,11H2,1-2H3,(H,22,24)/b17-10+. The van der Waals surface area contributed by atoms with Crippen LogP contribution in [-0.4, -0.2) is 42.7 Å². The van der Waals surface area contributed by atoms with Gasteiger partial charge in [0.25, 0.3) is 11.1 Å². The average molecular weight is 433 g/mol. The third kappa shape index (κ3) is 4.72. The highest BCUT2D eigenvalue weighted by atomic mass is 35.5. The highest BCUT2D eigenvalue weighted by molar-refractivity contribution is 8.18. The second-order valence-electron chi connectivity index (χ2n) is 5.90. The number of halogens is 1. The van der Waals surface area contributed by atoms with E-state index in [0.29, 0.717) is 27.8 Å². The van der Waals surface area contributed by atoms with Crippen LogP contribution < -0.4 is 14.8 Å². The summed E-state index contributed by atoms with van der Waals surface area (Å²) in [5.41, 5.74) is 0.987. The zero-order valence-electron chi connectivity index (χ0n) is 15.6. The molecule has 3 amide bonds. The number of hydrogen-bond acceptors (Lipinski definition) is 6. The van der Waals surface area contributed by atoms with Gasteiger partial charge in [0.15, 0.2) is 0 Å². The van der Waals surface area contributed by atoms with Crippen molar-refractivity contribution in [3.63, 3.8) is 0 Å². The minimum absolute atomic E-state index is 0.187. The highest BCUT2D eigenvalue weighted by Gasteiger charge is 2.36. The molecule has 0 spiro atoms. The van der Waals surface area contributed by atoms with Crippen molar-refractivity contribution >= 4 is 52.2 Å². The van der Waals surface area contributed by atoms with Gasteiger partial charge in [-0.1, -0.05) is 23.7 Å². The van der Waals surface area contributed by atoms with E-state index >= 15 is 0 Å². The topological polar surface area (TPSA) is 84.9 Å². The average Bonchev–Trinajstić information content (AvgIpc) is 2.97. The van der Waals surface area contributed by atoms with Gasteiger partial charge in [0.05, 0.1) is 29.8 Å². The van der Waals surface area contributed by atoms with Crippen molar-refractivity contribution in [2.45, 2.75) is 0 Å². The van der Waals surface area contributed by atoms with E-state index in [0.717, 1.165) is 16.7 Å². The molecule has 1 aliphatic rings. The van der Waals surface area contributed by atoms with Crippen LogP contribution in [0.4, 0.5) is 10.5 Å². The van der Waals surface area contributed by atoms with Crippen molar-refractivity contribution in [2.24, 2.45) is 0 Å². The van der Waals surface area contributed by atoms with Crippen molar-refractivity contribution in [1.29, 1.82) is 0 Å². The Morgan fingerprint density at radius 3 is 2.62 bits per heavy atom. The molecule has 7 nitrogen and oxygen atoms in total. The maximum Gasteiger partial charge on any atom is 0.294 e. The molecule has 2 aromatic rings. The molecule has 1 N–H and O–H groups in total. The van der Waals surface area contributed by atoms with Gasteiger partial charge in [0.1, 0.15) is 18.0 Å². The quantitative estimate of drug-likeness (QED) is 0.693. The third-order valence-electron chi connectivity index (χ3n) is 4.05. The molecule has 0 radical (unpaired) electrons. The van der Waals surface area contributed by atoms with Gasteiger partial charge in [-0.15, -0.1) is 0 Å². The molecule has 0 aromatic heterocycles. The van der Waals surface area contributed by atoms with E-state index in [4.69, 9.17) is 21.1 Å². The number of hydrogen-bond donors (Lipinski definition) is 1. The molecular formula is C20H17ClN2O5S. The first-order chi connectivity index (χ1) is 13.9. The molecule has 9 heteroatoms. The van der Waals surface area contributed by atoms with Crippen LogP contribution in [0.5, 0.6) is 11.5 Å². The van der Waals surface area contributed by atoms with Gasteiger partial charge >= 0.3 is 0 Å². The monoisotopic (exact) mass is 432 g/mol. The molecule has 0 aliphatic carbocycles. The SMILES string of the molecule is COc1ccc(OC)c(/C=C2/SC(=O)N(CC(=O)Nc3ccccc3Cl)C2=O)c1. The number of anilines is 1. The molecule has 0 bridgehead atoms. The van der Waals surface area contributed by atoms with Crippen LogP contribution in [-0.2, 0) is 9.59 Å². The lowest BCUT2D eigenvalue weighted by molar-refractivity contribution is -0.127. The Bertz CT molecular complexity index is 1010. The number of rotatable bonds is 6. The number of methoxy groups -OCH3 is 2. The molecule has 1 heterocycles. The van der Waals surface area contributed by atoms with Crippen LogP contribution in [0.25, 0.3) is 6.08 Å². The molecular weight excluding hydrogens is 416 g/mol. The van der Waals surface area contributed by atoms with Crippen molar-refractivity contribution in [2.75, 3.05) is 26.1 Å². The summed E-state index contributed by atoms with van der Waals surface area (Å²) in [5, 5.41) is 2.42. The first-order valence-electron chi connectivity index (χ1n) is 8.44. The lowest BCUT2D eigenvalue weighted by Crippen LogP contribution is -2.36. The first-order valence-corrected chi connectivity index (χ1v) is 9.64. The van der Waals surface area contributed by atoms with Crippen LogP contribution in [0.3, 0.4) is 0 Å². The summed E-state index contributed by atoms with van der Waals surface area (Å²) in [6.07, 6.45) is 1.54. The summed E-state index contributed by atoms with van der Waals surface area (Å²) >= 11 is 6.77. The van der Waals surface area contributed by atoms with Crippen LogP contribution >= 0.6 is 23.4 Å². The predicted octanol–water partition coefficient (Wildman–Crippen LogP) is 4.03. The van der Waals surface area contributed by atoms with Crippen molar-refractivity contribution in [1.82, 2.24) is 4.90 Å². The van der Waals surface area contributed by atoms with E-state index in [9.17, 15) is 14.4 Å². The van der Waals surface area contributed by atoms with E-state index in [-0.39, 0.29) is 4.91 Å². The molecule has 2 aromatic carbocycles. The maximum absolute atomic E-state index is 12.7. The molecule has 29 heavy (non-hydrogen) atoms. The summed E-state index contributed by atoms with van der Waals surface area (Å²) in [7, 11) is 3.03. The Labute approximate surface area is 176 Å². The summed E-state index contributed by atoms with van der Waals surface area (Å²) < 4.78 is 10.5. The number of ether oxygens (including phenoxy) is 2. The zero-order chi connectivity index (χ0) is 21.0. The number of nitrogens with one attached hydrogen (secondary N) is 1. The van der Waals surface area contributed by atoms with E-state index in [1.807, 2.05) is 0 Å². The number of imide groups is 1. The molecule has 1 aliphatic heterocycles. The Kier molecular flexibility index (Phi) is 6.46. The van der Waals surface area contributed by atoms with Crippen LogP contribution in [0.1, 0.15) is 5.56 Å². The van der Waals surface area contributed by atoms with Crippen LogP contribution in [0.15, 0.2) is 47.4 Å². The first kappa shape index (κ1) is 20.8. The molecule has 3 rings (SSSR count). The smallest absolute Gasteiger partial charge is 0.294 e.